The second kappa shape index (κ2) is 5.71. The molecule has 2 aromatic rings. The number of carbonyl (C=O) groups excluding carboxylic acids is 1. The predicted octanol–water partition coefficient (Wildman–Crippen LogP) is 3.90. The Balaban J connectivity index is 2.37. The van der Waals surface area contributed by atoms with Crippen LogP contribution in [0.15, 0.2) is 22.7 Å². The highest BCUT2D eigenvalue weighted by Crippen LogP contribution is 2.36. The average molecular weight is 380 g/mol. The van der Waals surface area contributed by atoms with E-state index in [-0.39, 0.29) is 5.69 Å². The lowest BCUT2D eigenvalue weighted by atomic mass is 10.2. The molecule has 4 nitrogen and oxygen atoms in total. The van der Waals surface area contributed by atoms with E-state index in [0.717, 1.165) is 13.1 Å². The highest BCUT2D eigenvalue weighted by atomic mass is 79.9. The molecule has 1 N–H and O–H groups in total. The highest BCUT2D eigenvalue weighted by molar-refractivity contribution is 9.10. The van der Waals surface area contributed by atoms with Crippen LogP contribution in [0.1, 0.15) is 21.7 Å². The average Bonchev–Trinajstić information content (AvgIpc) is 2.68. The van der Waals surface area contributed by atoms with Gasteiger partial charge in [0.1, 0.15) is 5.82 Å². The number of aromatic nitrogens is 2. The summed E-state index contributed by atoms with van der Waals surface area (Å²) in [5, 5.41) is 5.75. The van der Waals surface area contributed by atoms with E-state index >= 15 is 0 Å². The fraction of sp³-hybridized carbons (Fsp3) is 0.231. The number of halogens is 5. The maximum Gasteiger partial charge on any atom is 0.434 e. The molecule has 0 saturated heterocycles. The lowest BCUT2D eigenvalue weighted by Gasteiger charge is -2.07. The Bertz CT molecular complexity index is 740. The van der Waals surface area contributed by atoms with Gasteiger partial charge in [0.25, 0.3) is 5.91 Å². The molecule has 0 fully saturated rings. The van der Waals surface area contributed by atoms with Crippen LogP contribution in [-0.4, -0.2) is 15.7 Å². The van der Waals surface area contributed by atoms with Gasteiger partial charge in [0, 0.05) is 7.05 Å². The van der Waals surface area contributed by atoms with Crippen LogP contribution in [-0.2, 0) is 13.2 Å². The summed E-state index contributed by atoms with van der Waals surface area (Å²) in [6.07, 6.45) is -4.67. The van der Waals surface area contributed by atoms with Crippen molar-refractivity contribution in [3.63, 3.8) is 0 Å². The molecule has 0 aliphatic rings. The number of rotatable bonds is 2. The third kappa shape index (κ3) is 3.13. The zero-order valence-electron chi connectivity index (χ0n) is 11.4. The van der Waals surface area contributed by atoms with Gasteiger partial charge in [0.05, 0.1) is 10.2 Å². The smallest absolute Gasteiger partial charge is 0.318 e. The molecule has 0 bridgehead atoms. The molecule has 2 rings (SSSR count). The van der Waals surface area contributed by atoms with E-state index in [1.165, 1.54) is 12.1 Å². The van der Waals surface area contributed by atoms with Crippen LogP contribution in [0.3, 0.4) is 0 Å². The van der Waals surface area contributed by atoms with Gasteiger partial charge < -0.3 is 5.32 Å². The normalized spacial score (nSPS) is 11.6. The van der Waals surface area contributed by atoms with Gasteiger partial charge in [-0.2, -0.15) is 18.3 Å². The molecule has 1 aromatic heterocycles. The fourth-order valence-electron chi connectivity index (χ4n) is 1.87. The highest BCUT2D eigenvalue weighted by Gasteiger charge is 2.39. The van der Waals surface area contributed by atoms with Crippen molar-refractivity contribution < 1.29 is 22.4 Å². The molecule has 22 heavy (non-hydrogen) atoms. The minimum absolute atomic E-state index is 0.129. The molecule has 0 atom stereocenters. The van der Waals surface area contributed by atoms with Crippen molar-refractivity contribution in [2.75, 3.05) is 5.32 Å². The zero-order chi connectivity index (χ0) is 16.7. The van der Waals surface area contributed by atoms with Crippen molar-refractivity contribution in [3.8, 4) is 0 Å². The maximum atomic E-state index is 13.6. The number of benzene rings is 1. The molecular weight excluding hydrogens is 370 g/mol. The van der Waals surface area contributed by atoms with Gasteiger partial charge in [0.15, 0.2) is 11.4 Å². The van der Waals surface area contributed by atoms with E-state index in [2.05, 4.69) is 26.3 Å². The number of anilines is 1. The van der Waals surface area contributed by atoms with Crippen LogP contribution in [0, 0.1) is 12.7 Å². The molecule has 0 radical (unpaired) electrons. The molecule has 1 heterocycles. The van der Waals surface area contributed by atoms with Crippen molar-refractivity contribution in [2.24, 2.45) is 7.05 Å². The number of aryl methyl sites for hydroxylation is 2. The summed E-state index contributed by atoms with van der Waals surface area (Å²) in [6.45, 7) is 1.69. The van der Waals surface area contributed by atoms with Crippen LogP contribution >= 0.6 is 15.9 Å². The third-order valence-corrected chi connectivity index (χ3v) is 3.59. The summed E-state index contributed by atoms with van der Waals surface area (Å²) >= 11 is 2.73. The summed E-state index contributed by atoms with van der Waals surface area (Å²) in [4.78, 5) is 12.0. The topological polar surface area (TPSA) is 46.9 Å². The van der Waals surface area contributed by atoms with E-state index in [9.17, 15) is 22.4 Å². The summed E-state index contributed by atoms with van der Waals surface area (Å²) in [5.74, 6) is -1.63. The van der Waals surface area contributed by atoms with Crippen molar-refractivity contribution in [1.29, 1.82) is 0 Å². The fourth-order valence-corrected chi connectivity index (χ4v) is 2.61. The van der Waals surface area contributed by atoms with Gasteiger partial charge in [-0.1, -0.05) is 6.07 Å². The quantitative estimate of drug-likeness (QED) is 0.804. The third-order valence-electron chi connectivity index (χ3n) is 2.84. The summed E-state index contributed by atoms with van der Waals surface area (Å²) in [6, 6.07) is 4.03. The van der Waals surface area contributed by atoms with E-state index < -0.39 is 33.8 Å². The Hall–Kier alpha value is -1.90. The van der Waals surface area contributed by atoms with Crippen LogP contribution in [0.4, 0.5) is 23.2 Å². The number of alkyl halides is 3. The second-order valence-electron chi connectivity index (χ2n) is 4.57. The first-order valence-corrected chi connectivity index (χ1v) is 6.77. The first-order chi connectivity index (χ1) is 10.1. The van der Waals surface area contributed by atoms with Crippen LogP contribution < -0.4 is 5.32 Å². The Morgan fingerprint density at radius 3 is 2.55 bits per heavy atom. The van der Waals surface area contributed by atoms with Gasteiger partial charge in [0.2, 0.25) is 0 Å². The first kappa shape index (κ1) is 16.5. The maximum absolute atomic E-state index is 13.6. The van der Waals surface area contributed by atoms with Gasteiger partial charge in [-0.25, -0.2) is 4.39 Å². The minimum Gasteiger partial charge on any atom is -0.318 e. The minimum atomic E-state index is -4.67. The van der Waals surface area contributed by atoms with Crippen molar-refractivity contribution in [1.82, 2.24) is 9.78 Å². The number of nitrogens with zero attached hydrogens (tertiary/aromatic N) is 2. The van der Waals surface area contributed by atoms with Crippen LogP contribution in [0.25, 0.3) is 0 Å². The van der Waals surface area contributed by atoms with Crippen molar-refractivity contribution in [2.45, 2.75) is 13.1 Å². The molecule has 0 aliphatic carbocycles. The standard InChI is InChI=1S/C13H10BrF4N3O/c1-6-3-4-7(15)8(5-6)19-12(22)10-9(14)11(13(16,17)18)21(2)20-10/h3-5H,1-2H3,(H,19,22). The van der Waals surface area contributed by atoms with Gasteiger partial charge >= 0.3 is 6.18 Å². The molecule has 1 amide bonds. The zero-order valence-corrected chi connectivity index (χ0v) is 13.0. The van der Waals surface area contributed by atoms with Gasteiger partial charge in [-0.3, -0.25) is 9.48 Å². The number of amides is 1. The number of hydrogen-bond acceptors (Lipinski definition) is 2. The Morgan fingerprint density at radius 2 is 2.00 bits per heavy atom. The Kier molecular flexibility index (Phi) is 4.28. The lowest BCUT2D eigenvalue weighted by molar-refractivity contribution is -0.144. The molecule has 9 heteroatoms. The van der Waals surface area contributed by atoms with E-state index in [1.807, 2.05) is 0 Å². The largest absolute Gasteiger partial charge is 0.434 e. The lowest BCUT2D eigenvalue weighted by Crippen LogP contribution is -2.14. The van der Waals surface area contributed by atoms with E-state index in [1.54, 1.807) is 6.92 Å². The summed E-state index contributed by atoms with van der Waals surface area (Å²) in [7, 11) is 1.07. The molecule has 0 saturated carbocycles. The van der Waals surface area contributed by atoms with E-state index in [0.29, 0.717) is 10.2 Å². The van der Waals surface area contributed by atoms with E-state index in [4.69, 9.17) is 0 Å². The summed E-state index contributed by atoms with van der Waals surface area (Å²) < 4.78 is 52.2. The number of hydrogen-bond donors (Lipinski definition) is 1. The number of nitrogens with one attached hydrogen (secondary N) is 1. The second-order valence-corrected chi connectivity index (χ2v) is 5.36. The molecular formula is C13H10BrF4N3O. The Labute approximate surface area is 131 Å². The molecule has 0 spiro atoms. The van der Waals surface area contributed by atoms with Gasteiger partial charge in [-0.15, -0.1) is 0 Å². The monoisotopic (exact) mass is 379 g/mol. The van der Waals surface area contributed by atoms with Crippen LogP contribution in [0.2, 0.25) is 0 Å². The van der Waals surface area contributed by atoms with Crippen LogP contribution in [0.5, 0.6) is 0 Å². The summed E-state index contributed by atoms with van der Waals surface area (Å²) in [5.41, 5.74) is -1.01. The first-order valence-electron chi connectivity index (χ1n) is 5.98. The van der Waals surface area contributed by atoms with Crippen molar-refractivity contribution in [3.05, 3.63) is 45.4 Å². The molecule has 1 aromatic carbocycles. The predicted molar refractivity (Wildman–Crippen MR) is 75.0 cm³/mol. The van der Waals surface area contributed by atoms with Gasteiger partial charge in [-0.05, 0) is 40.5 Å². The molecule has 0 aliphatic heterocycles. The van der Waals surface area contributed by atoms with Crippen molar-refractivity contribution >= 4 is 27.5 Å². The molecule has 118 valence electrons. The molecule has 0 unspecified atom stereocenters. The SMILES string of the molecule is Cc1ccc(F)c(NC(=O)c2nn(C)c(C(F)(F)F)c2Br)c1. The Morgan fingerprint density at radius 1 is 1.36 bits per heavy atom. The number of carbonyl (C=O) groups is 1.